The summed E-state index contributed by atoms with van der Waals surface area (Å²) in [6, 6.07) is 7.83. The van der Waals surface area contributed by atoms with Crippen molar-refractivity contribution in [2.45, 2.75) is 32.6 Å². The van der Waals surface area contributed by atoms with Crippen molar-refractivity contribution < 1.29 is 18.0 Å². The highest BCUT2D eigenvalue weighted by Gasteiger charge is 2.36. The molecule has 1 atom stereocenters. The van der Waals surface area contributed by atoms with Crippen LogP contribution in [0.15, 0.2) is 30.3 Å². The maximum Gasteiger partial charge on any atom is 0.435 e. The summed E-state index contributed by atoms with van der Waals surface area (Å²) in [7, 11) is 0. The molecule has 9 heteroatoms. The Bertz CT molecular complexity index is 827. The van der Waals surface area contributed by atoms with Crippen LogP contribution >= 0.6 is 11.6 Å². The number of amides is 1. The first-order valence-corrected chi connectivity index (χ1v) is 9.42. The zero-order valence-corrected chi connectivity index (χ0v) is 16.5. The van der Waals surface area contributed by atoms with Gasteiger partial charge in [0.15, 0.2) is 5.69 Å². The second-order valence-electron chi connectivity index (χ2n) is 7.02. The average molecular weight is 415 g/mol. The number of halogens is 4. The first-order chi connectivity index (χ1) is 13.1. The van der Waals surface area contributed by atoms with Crippen LogP contribution < -0.4 is 0 Å². The number of nitrogens with zero attached hydrogens (tertiary/aromatic N) is 4. The number of aromatic nitrogens is 2. The molecule has 1 amide bonds. The van der Waals surface area contributed by atoms with Crippen molar-refractivity contribution in [3.63, 3.8) is 0 Å². The molecule has 0 N–H and O–H groups in total. The van der Waals surface area contributed by atoms with Gasteiger partial charge in [0.25, 0.3) is 0 Å². The summed E-state index contributed by atoms with van der Waals surface area (Å²) in [5.41, 5.74) is 0.483. The smallest absolute Gasteiger partial charge is 0.338 e. The normalized spacial score (nSPS) is 17.0. The van der Waals surface area contributed by atoms with Crippen LogP contribution in [-0.4, -0.2) is 51.7 Å². The Morgan fingerprint density at radius 1 is 1.18 bits per heavy atom. The van der Waals surface area contributed by atoms with Gasteiger partial charge in [0, 0.05) is 43.4 Å². The van der Waals surface area contributed by atoms with E-state index in [1.165, 1.54) is 6.92 Å². The fourth-order valence-electron chi connectivity index (χ4n) is 3.36. The van der Waals surface area contributed by atoms with Crippen molar-refractivity contribution in [3.05, 3.63) is 52.3 Å². The van der Waals surface area contributed by atoms with Crippen LogP contribution in [-0.2, 0) is 17.5 Å². The molecule has 2 aromatic rings. The monoisotopic (exact) mass is 414 g/mol. The van der Waals surface area contributed by atoms with Gasteiger partial charge in [-0.05, 0) is 37.6 Å². The molecule has 0 spiro atoms. The summed E-state index contributed by atoms with van der Waals surface area (Å²) in [6.45, 7) is 6.34. The number of alkyl halides is 3. The Morgan fingerprint density at radius 2 is 1.79 bits per heavy atom. The van der Waals surface area contributed by atoms with Crippen molar-refractivity contribution in [2.75, 3.05) is 26.2 Å². The molecule has 1 saturated heterocycles. The van der Waals surface area contributed by atoms with Gasteiger partial charge >= 0.3 is 6.18 Å². The molecule has 1 aromatic carbocycles. The molecule has 0 bridgehead atoms. The van der Waals surface area contributed by atoms with Gasteiger partial charge in [-0.3, -0.25) is 14.4 Å². The lowest BCUT2D eigenvalue weighted by atomic mass is 10.2. The van der Waals surface area contributed by atoms with Gasteiger partial charge in [0.1, 0.15) is 6.04 Å². The van der Waals surface area contributed by atoms with E-state index in [0.29, 0.717) is 36.9 Å². The van der Waals surface area contributed by atoms with Crippen molar-refractivity contribution in [2.24, 2.45) is 0 Å². The highest BCUT2D eigenvalue weighted by molar-refractivity contribution is 6.30. The molecule has 28 heavy (non-hydrogen) atoms. The lowest BCUT2D eigenvalue weighted by molar-refractivity contribution is -0.143. The summed E-state index contributed by atoms with van der Waals surface area (Å²) in [5, 5.41) is 4.29. The van der Waals surface area contributed by atoms with Gasteiger partial charge in [-0.1, -0.05) is 23.7 Å². The lowest BCUT2D eigenvalue weighted by Gasteiger charge is -2.36. The number of rotatable bonds is 4. The first kappa shape index (κ1) is 20.7. The molecule has 1 aliphatic rings. The predicted octanol–water partition coefficient (Wildman–Crippen LogP) is 3.77. The number of hydrogen-bond acceptors (Lipinski definition) is 3. The van der Waals surface area contributed by atoms with Crippen LogP contribution in [0.4, 0.5) is 13.2 Å². The number of hydrogen-bond donors (Lipinski definition) is 0. The molecule has 5 nitrogen and oxygen atoms in total. The summed E-state index contributed by atoms with van der Waals surface area (Å²) in [5.74, 6) is -0.217. The van der Waals surface area contributed by atoms with E-state index in [9.17, 15) is 18.0 Å². The van der Waals surface area contributed by atoms with E-state index < -0.39 is 17.9 Å². The number of aryl methyl sites for hydroxylation is 1. The quantitative estimate of drug-likeness (QED) is 0.764. The van der Waals surface area contributed by atoms with Crippen LogP contribution in [0.3, 0.4) is 0 Å². The average Bonchev–Trinajstić information content (AvgIpc) is 3.05. The molecular formula is C19H22ClF3N4O. The molecule has 1 aromatic heterocycles. The lowest BCUT2D eigenvalue weighted by Crippen LogP contribution is -2.50. The second kappa shape index (κ2) is 8.13. The van der Waals surface area contributed by atoms with Crippen LogP contribution in [0.1, 0.15) is 29.9 Å². The summed E-state index contributed by atoms with van der Waals surface area (Å²) >= 11 is 5.90. The van der Waals surface area contributed by atoms with Gasteiger partial charge in [-0.25, -0.2) is 0 Å². The zero-order valence-electron chi connectivity index (χ0n) is 15.7. The predicted molar refractivity (Wildman–Crippen MR) is 100.0 cm³/mol. The number of piperazine rings is 1. The third kappa shape index (κ3) is 4.67. The summed E-state index contributed by atoms with van der Waals surface area (Å²) in [4.78, 5) is 16.7. The SMILES string of the molecule is Cc1cc(C(F)(F)F)nn1C(C)C(=O)N1CCN(Cc2ccc(Cl)cc2)CC1. The van der Waals surface area contributed by atoms with Gasteiger partial charge in [0.05, 0.1) is 0 Å². The maximum atomic E-state index is 12.9. The van der Waals surface area contributed by atoms with E-state index in [2.05, 4.69) is 10.00 Å². The summed E-state index contributed by atoms with van der Waals surface area (Å²) in [6.07, 6.45) is -4.52. The molecule has 152 valence electrons. The van der Waals surface area contributed by atoms with Crippen molar-refractivity contribution in [1.82, 2.24) is 19.6 Å². The number of carbonyl (C=O) groups is 1. The van der Waals surface area contributed by atoms with Crippen LogP contribution in [0.5, 0.6) is 0 Å². The minimum Gasteiger partial charge on any atom is -0.338 e. The van der Waals surface area contributed by atoms with E-state index in [0.717, 1.165) is 22.9 Å². The molecule has 0 saturated carbocycles. The first-order valence-electron chi connectivity index (χ1n) is 9.04. The third-order valence-corrected chi connectivity index (χ3v) is 5.19. The van der Waals surface area contributed by atoms with Crippen molar-refractivity contribution in [1.29, 1.82) is 0 Å². The zero-order chi connectivity index (χ0) is 20.5. The Balaban J connectivity index is 1.59. The van der Waals surface area contributed by atoms with Crippen LogP contribution in [0, 0.1) is 6.92 Å². The van der Waals surface area contributed by atoms with E-state index in [1.807, 2.05) is 24.3 Å². The Morgan fingerprint density at radius 3 is 2.32 bits per heavy atom. The van der Waals surface area contributed by atoms with E-state index in [1.54, 1.807) is 11.8 Å². The van der Waals surface area contributed by atoms with Gasteiger partial charge in [-0.2, -0.15) is 18.3 Å². The number of benzene rings is 1. The number of carbonyl (C=O) groups excluding carboxylic acids is 1. The molecular weight excluding hydrogens is 393 g/mol. The Labute approximate surface area is 166 Å². The molecule has 0 radical (unpaired) electrons. The standard InChI is InChI=1S/C19H22ClF3N4O/c1-13-11-17(19(21,22)23)24-27(13)14(2)18(28)26-9-7-25(8-10-26)12-15-3-5-16(20)6-4-15/h3-6,11,14H,7-10,12H2,1-2H3. The van der Waals surface area contributed by atoms with E-state index >= 15 is 0 Å². The molecule has 1 fully saturated rings. The topological polar surface area (TPSA) is 41.4 Å². The van der Waals surface area contributed by atoms with E-state index in [-0.39, 0.29) is 5.91 Å². The molecule has 1 aliphatic heterocycles. The second-order valence-corrected chi connectivity index (χ2v) is 7.45. The fraction of sp³-hybridized carbons (Fsp3) is 0.474. The van der Waals surface area contributed by atoms with E-state index in [4.69, 9.17) is 11.6 Å². The molecule has 2 heterocycles. The molecule has 1 unspecified atom stereocenters. The summed E-state index contributed by atoms with van der Waals surface area (Å²) < 4.78 is 39.7. The minimum absolute atomic E-state index is 0.217. The fourth-order valence-corrected chi connectivity index (χ4v) is 3.49. The molecule has 3 rings (SSSR count). The van der Waals surface area contributed by atoms with Gasteiger partial charge in [-0.15, -0.1) is 0 Å². The van der Waals surface area contributed by atoms with Gasteiger partial charge < -0.3 is 4.90 Å². The van der Waals surface area contributed by atoms with Gasteiger partial charge in [0.2, 0.25) is 5.91 Å². The largest absolute Gasteiger partial charge is 0.435 e. The maximum absolute atomic E-state index is 12.9. The molecule has 0 aliphatic carbocycles. The highest BCUT2D eigenvalue weighted by Crippen LogP contribution is 2.29. The van der Waals surface area contributed by atoms with Crippen molar-refractivity contribution in [3.8, 4) is 0 Å². The Hall–Kier alpha value is -2.06. The van der Waals surface area contributed by atoms with Crippen LogP contribution in [0.2, 0.25) is 5.02 Å². The third-order valence-electron chi connectivity index (χ3n) is 4.94. The van der Waals surface area contributed by atoms with Crippen molar-refractivity contribution >= 4 is 17.5 Å². The minimum atomic E-state index is -4.52. The highest BCUT2D eigenvalue weighted by atomic mass is 35.5. The Kier molecular flexibility index (Phi) is 6.00. The van der Waals surface area contributed by atoms with Crippen LogP contribution in [0.25, 0.3) is 0 Å².